The number of aromatic hydroxyl groups is 1. The van der Waals surface area contributed by atoms with E-state index in [2.05, 4.69) is 10.3 Å². The number of fused-ring (bicyclic) bond motifs is 1. The van der Waals surface area contributed by atoms with Crippen LogP contribution in [0.25, 0.3) is 10.9 Å². The zero-order valence-electron chi connectivity index (χ0n) is 14.2. The van der Waals surface area contributed by atoms with Crippen LogP contribution in [0.15, 0.2) is 16.9 Å². The van der Waals surface area contributed by atoms with Crippen LogP contribution in [0.5, 0.6) is 17.2 Å². The Morgan fingerprint density at radius 2 is 1.88 bits per heavy atom. The molecule has 1 aromatic carbocycles. The van der Waals surface area contributed by atoms with Crippen LogP contribution in [-0.2, 0) is 0 Å². The number of carbonyl (C=O) groups is 1. The van der Waals surface area contributed by atoms with Crippen LogP contribution in [0.4, 0.5) is 0 Å². The molecule has 7 nitrogen and oxygen atoms in total. The molecule has 0 fully saturated rings. The van der Waals surface area contributed by atoms with Gasteiger partial charge in [-0.1, -0.05) is 13.8 Å². The van der Waals surface area contributed by atoms with E-state index in [0.717, 1.165) is 6.42 Å². The molecule has 7 heteroatoms. The molecular formula is C17H22N2O5. The van der Waals surface area contributed by atoms with E-state index in [1.165, 1.54) is 26.4 Å². The summed E-state index contributed by atoms with van der Waals surface area (Å²) in [6.45, 7) is 4.50. The minimum atomic E-state index is -0.658. The smallest absolute Gasteiger partial charge is 0.265 e. The molecule has 0 radical (unpaired) electrons. The van der Waals surface area contributed by atoms with Crippen molar-refractivity contribution in [2.75, 3.05) is 20.8 Å². The maximum atomic E-state index is 12.2. The Balaban J connectivity index is 2.48. The second-order valence-electron chi connectivity index (χ2n) is 5.87. The summed E-state index contributed by atoms with van der Waals surface area (Å²) in [6, 6.07) is 3.06. The number of hydrogen-bond donors (Lipinski definition) is 3. The summed E-state index contributed by atoms with van der Waals surface area (Å²) < 4.78 is 10.4. The first-order valence-corrected chi connectivity index (χ1v) is 7.68. The topological polar surface area (TPSA) is 101 Å². The van der Waals surface area contributed by atoms with Crippen LogP contribution in [-0.4, -0.2) is 36.8 Å². The first kappa shape index (κ1) is 17.7. The summed E-state index contributed by atoms with van der Waals surface area (Å²) in [5, 5.41) is 13.4. The van der Waals surface area contributed by atoms with Crippen LogP contribution >= 0.6 is 0 Å². The molecule has 0 aliphatic rings. The van der Waals surface area contributed by atoms with Crippen molar-refractivity contribution in [2.45, 2.75) is 20.3 Å². The molecule has 130 valence electrons. The quantitative estimate of drug-likeness (QED) is 0.750. The average molecular weight is 334 g/mol. The minimum absolute atomic E-state index is 0.307. The van der Waals surface area contributed by atoms with Crippen molar-refractivity contribution in [3.63, 3.8) is 0 Å². The molecule has 0 aliphatic carbocycles. The lowest BCUT2D eigenvalue weighted by Gasteiger charge is -2.12. The molecule has 0 bridgehead atoms. The maximum absolute atomic E-state index is 12.2. The van der Waals surface area contributed by atoms with E-state index < -0.39 is 11.5 Å². The lowest BCUT2D eigenvalue weighted by atomic mass is 10.1. The largest absolute Gasteiger partial charge is 0.506 e. The number of methoxy groups -OCH3 is 2. The van der Waals surface area contributed by atoms with E-state index in [1.807, 2.05) is 13.8 Å². The fourth-order valence-electron chi connectivity index (χ4n) is 2.38. The van der Waals surface area contributed by atoms with Crippen molar-refractivity contribution in [1.29, 1.82) is 0 Å². The van der Waals surface area contributed by atoms with Gasteiger partial charge in [-0.3, -0.25) is 9.59 Å². The van der Waals surface area contributed by atoms with Crippen LogP contribution in [0.2, 0.25) is 0 Å². The van der Waals surface area contributed by atoms with E-state index in [-0.39, 0.29) is 11.3 Å². The van der Waals surface area contributed by atoms with Gasteiger partial charge in [-0.2, -0.15) is 0 Å². The molecule has 0 saturated carbocycles. The van der Waals surface area contributed by atoms with Crippen molar-refractivity contribution < 1.29 is 19.4 Å². The predicted molar refractivity (Wildman–Crippen MR) is 91.1 cm³/mol. The van der Waals surface area contributed by atoms with E-state index in [4.69, 9.17) is 9.47 Å². The third kappa shape index (κ3) is 3.45. The van der Waals surface area contributed by atoms with Gasteiger partial charge in [-0.15, -0.1) is 0 Å². The first-order valence-electron chi connectivity index (χ1n) is 7.68. The molecule has 0 spiro atoms. The second kappa shape index (κ2) is 7.25. The molecule has 3 N–H and O–H groups in total. The fourth-order valence-corrected chi connectivity index (χ4v) is 2.38. The van der Waals surface area contributed by atoms with Crippen LogP contribution in [0, 0.1) is 5.92 Å². The van der Waals surface area contributed by atoms with E-state index in [1.54, 1.807) is 0 Å². The average Bonchev–Trinajstić information content (AvgIpc) is 2.53. The van der Waals surface area contributed by atoms with Gasteiger partial charge in [-0.05, 0) is 18.4 Å². The Hall–Kier alpha value is -2.70. The summed E-state index contributed by atoms with van der Waals surface area (Å²) in [4.78, 5) is 27.0. The van der Waals surface area contributed by atoms with E-state index >= 15 is 0 Å². The SMILES string of the molecule is COc1cc2[nH]c(=O)c(C(=O)NCCC(C)C)c(O)c2cc1OC. The van der Waals surface area contributed by atoms with Gasteiger partial charge in [0.2, 0.25) is 0 Å². The molecular weight excluding hydrogens is 312 g/mol. The summed E-state index contributed by atoms with van der Waals surface area (Å²) in [5.41, 5.74) is -0.610. The molecule has 0 unspecified atom stereocenters. The van der Waals surface area contributed by atoms with E-state index in [9.17, 15) is 14.7 Å². The highest BCUT2D eigenvalue weighted by atomic mass is 16.5. The van der Waals surface area contributed by atoms with Gasteiger partial charge >= 0.3 is 0 Å². The van der Waals surface area contributed by atoms with Gasteiger partial charge < -0.3 is 24.9 Å². The number of carbonyl (C=O) groups excluding carboxylic acids is 1. The second-order valence-corrected chi connectivity index (χ2v) is 5.87. The highest BCUT2D eigenvalue weighted by molar-refractivity contribution is 6.02. The molecule has 0 aliphatic heterocycles. The monoisotopic (exact) mass is 334 g/mol. The number of aromatic nitrogens is 1. The Labute approximate surface area is 139 Å². The number of H-pyrrole nitrogens is 1. The molecule has 1 amide bonds. The minimum Gasteiger partial charge on any atom is -0.506 e. The summed E-state index contributed by atoms with van der Waals surface area (Å²) in [6.07, 6.45) is 0.781. The van der Waals surface area contributed by atoms with Crippen LogP contribution in [0.3, 0.4) is 0 Å². The van der Waals surface area contributed by atoms with Crippen molar-refractivity contribution in [3.05, 3.63) is 28.0 Å². The third-order valence-corrected chi connectivity index (χ3v) is 3.73. The first-order chi connectivity index (χ1) is 11.4. The molecule has 1 heterocycles. The number of amides is 1. The van der Waals surface area contributed by atoms with Crippen molar-refractivity contribution >= 4 is 16.8 Å². The maximum Gasteiger partial charge on any atom is 0.265 e. The van der Waals surface area contributed by atoms with Crippen LogP contribution in [0.1, 0.15) is 30.6 Å². The molecule has 2 aromatic rings. The Kier molecular flexibility index (Phi) is 5.33. The predicted octanol–water partition coefficient (Wildman–Crippen LogP) is 2.03. The van der Waals surface area contributed by atoms with Crippen LogP contribution < -0.4 is 20.3 Å². The Morgan fingerprint density at radius 3 is 2.46 bits per heavy atom. The molecule has 24 heavy (non-hydrogen) atoms. The van der Waals surface area contributed by atoms with Gasteiger partial charge in [0.05, 0.1) is 19.7 Å². The van der Waals surface area contributed by atoms with Gasteiger partial charge in [0, 0.05) is 18.0 Å². The number of ether oxygens (including phenoxy) is 2. The van der Waals surface area contributed by atoms with E-state index in [0.29, 0.717) is 34.9 Å². The Bertz CT molecular complexity index is 811. The lowest BCUT2D eigenvalue weighted by Crippen LogP contribution is -2.31. The standard InChI is InChI=1S/C17H22N2O5/c1-9(2)5-6-18-16(21)14-15(20)10-7-12(23-3)13(24-4)8-11(10)19-17(14)22/h7-9H,5-6H2,1-4H3,(H,18,21)(H2,19,20,22). The zero-order chi connectivity index (χ0) is 17.9. The molecule has 2 rings (SSSR count). The number of hydrogen-bond acceptors (Lipinski definition) is 5. The number of benzene rings is 1. The van der Waals surface area contributed by atoms with Gasteiger partial charge in [0.15, 0.2) is 11.5 Å². The van der Waals surface area contributed by atoms with Crippen molar-refractivity contribution in [3.8, 4) is 17.2 Å². The molecule has 0 saturated heterocycles. The van der Waals surface area contributed by atoms with Crippen molar-refractivity contribution in [2.24, 2.45) is 5.92 Å². The summed E-state index contributed by atoms with van der Waals surface area (Å²) in [5.74, 6) is 0.237. The number of aromatic amines is 1. The fraction of sp³-hybridized carbons (Fsp3) is 0.412. The highest BCUT2D eigenvalue weighted by Crippen LogP contribution is 2.35. The Morgan fingerprint density at radius 1 is 1.25 bits per heavy atom. The third-order valence-electron chi connectivity index (χ3n) is 3.73. The van der Waals surface area contributed by atoms with Gasteiger partial charge in [-0.25, -0.2) is 0 Å². The number of rotatable bonds is 6. The number of pyridine rings is 1. The lowest BCUT2D eigenvalue weighted by molar-refractivity contribution is 0.0948. The zero-order valence-corrected chi connectivity index (χ0v) is 14.2. The molecule has 1 aromatic heterocycles. The van der Waals surface area contributed by atoms with Gasteiger partial charge in [0.25, 0.3) is 11.5 Å². The summed E-state index contributed by atoms with van der Waals surface area (Å²) in [7, 11) is 2.93. The molecule has 0 atom stereocenters. The summed E-state index contributed by atoms with van der Waals surface area (Å²) >= 11 is 0. The number of nitrogens with one attached hydrogen (secondary N) is 2. The highest BCUT2D eigenvalue weighted by Gasteiger charge is 2.20. The normalized spacial score (nSPS) is 10.9. The van der Waals surface area contributed by atoms with Crippen molar-refractivity contribution in [1.82, 2.24) is 10.3 Å². The van der Waals surface area contributed by atoms with Gasteiger partial charge in [0.1, 0.15) is 11.3 Å².